The Hall–Kier alpha value is -1.60. The van der Waals surface area contributed by atoms with Crippen LogP contribution in [0.2, 0.25) is 0 Å². The first-order valence-corrected chi connectivity index (χ1v) is 8.75. The van der Waals surface area contributed by atoms with E-state index in [1.54, 1.807) is 38.1 Å². The van der Waals surface area contributed by atoms with Crippen LogP contribution in [-0.2, 0) is 14.3 Å². The molecule has 1 aliphatic heterocycles. The molecule has 0 aliphatic carbocycles. The summed E-state index contributed by atoms with van der Waals surface area (Å²) in [5, 5.41) is 0.125. The van der Waals surface area contributed by atoms with E-state index in [0.29, 0.717) is 10.6 Å². The first-order chi connectivity index (χ1) is 10.9. The monoisotopic (exact) mass is 397 g/mol. The van der Waals surface area contributed by atoms with E-state index in [4.69, 9.17) is 4.74 Å². The van der Waals surface area contributed by atoms with Crippen molar-refractivity contribution in [2.75, 3.05) is 13.2 Å². The Labute approximate surface area is 147 Å². The molecular formula is C16H16BrNO4S. The van der Waals surface area contributed by atoms with Crippen molar-refractivity contribution in [2.45, 2.75) is 19.1 Å². The summed E-state index contributed by atoms with van der Waals surface area (Å²) >= 11 is 4.56. The molecule has 0 N–H and O–H groups in total. The standard InChI is InChI=1S/C16H16BrNO4S/c1-3-22-15(20)8-14-18(16(21)10(2)23-14)9-13(19)11-4-6-12(17)7-5-11/h4-8,10H,3,9H2,1-2H3/b14-8-. The van der Waals surface area contributed by atoms with Gasteiger partial charge in [-0.2, -0.15) is 0 Å². The van der Waals surface area contributed by atoms with Crippen LogP contribution in [-0.4, -0.2) is 41.0 Å². The van der Waals surface area contributed by atoms with Crippen LogP contribution >= 0.6 is 27.7 Å². The molecule has 1 unspecified atom stereocenters. The van der Waals surface area contributed by atoms with Gasteiger partial charge in [-0.1, -0.05) is 39.8 Å². The average molecular weight is 398 g/mol. The topological polar surface area (TPSA) is 63.7 Å². The number of rotatable bonds is 5. The van der Waals surface area contributed by atoms with Crippen LogP contribution in [0.25, 0.3) is 0 Å². The summed E-state index contributed by atoms with van der Waals surface area (Å²) in [5.41, 5.74) is 0.515. The van der Waals surface area contributed by atoms with Gasteiger partial charge in [0.2, 0.25) is 5.91 Å². The Bertz CT molecular complexity index is 657. The van der Waals surface area contributed by atoms with Crippen molar-refractivity contribution in [2.24, 2.45) is 0 Å². The van der Waals surface area contributed by atoms with E-state index >= 15 is 0 Å². The number of ketones is 1. The van der Waals surface area contributed by atoms with Gasteiger partial charge in [0.05, 0.1) is 29.5 Å². The van der Waals surface area contributed by atoms with E-state index in [9.17, 15) is 14.4 Å². The van der Waals surface area contributed by atoms with Gasteiger partial charge in [0, 0.05) is 10.0 Å². The third kappa shape index (κ3) is 4.45. The number of hydrogen-bond donors (Lipinski definition) is 0. The van der Waals surface area contributed by atoms with E-state index < -0.39 is 5.97 Å². The molecule has 0 spiro atoms. The van der Waals surface area contributed by atoms with Gasteiger partial charge >= 0.3 is 5.97 Å². The van der Waals surface area contributed by atoms with Crippen LogP contribution in [0.5, 0.6) is 0 Å². The van der Waals surface area contributed by atoms with Crippen molar-refractivity contribution in [3.05, 3.63) is 45.4 Å². The molecule has 2 rings (SSSR count). The molecule has 0 aromatic heterocycles. The molecule has 1 aromatic rings. The van der Waals surface area contributed by atoms with E-state index in [-0.39, 0.29) is 30.1 Å². The quantitative estimate of drug-likeness (QED) is 0.434. The second kappa shape index (κ2) is 7.79. The van der Waals surface area contributed by atoms with Gasteiger partial charge < -0.3 is 4.74 Å². The number of hydrogen-bond acceptors (Lipinski definition) is 5. The highest BCUT2D eigenvalue weighted by molar-refractivity contribution is 9.10. The van der Waals surface area contributed by atoms with Crippen molar-refractivity contribution in [3.63, 3.8) is 0 Å². The highest BCUT2D eigenvalue weighted by Crippen LogP contribution is 2.34. The minimum Gasteiger partial charge on any atom is -0.463 e. The maximum Gasteiger partial charge on any atom is 0.333 e. The molecule has 7 heteroatoms. The number of halogens is 1. The molecule has 1 heterocycles. The van der Waals surface area contributed by atoms with Crippen LogP contribution in [0, 0.1) is 0 Å². The Kier molecular flexibility index (Phi) is 6.01. The number of Topliss-reactive ketones (excluding diaryl/α,β-unsaturated/α-hetero) is 1. The lowest BCUT2D eigenvalue weighted by atomic mass is 10.1. The van der Waals surface area contributed by atoms with Gasteiger partial charge in [0.25, 0.3) is 0 Å². The molecule has 5 nitrogen and oxygen atoms in total. The zero-order valence-electron chi connectivity index (χ0n) is 12.7. The molecule has 1 fully saturated rings. The maximum atomic E-state index is 12.4. The molecule has 23 heavy (non-hydrogen) atoms. The summed E-state index contributed by atoms with van der Waals surface area (Å²) in [6.07, 6.45) is 1.27. The fourth-order valence-electron chi connectivity index (χ4n) is 2.05. The predicted octanol–water partition coefficient (Wildman–Crippen LogP) is 3.00. The van der Waals surface area contributed by atoms with E-state index in [0.717, 1.165) is 4.47 Å². The van der Waals surface area contributed by atoms with Crippen LogP contribution in [0.15, 0.2) is 39.8 Å². The number of thioether (sulfide) groups is 1. The molecule has 0 radical (unpaired) electrons. The lowest BCUT2D eigenvalue weighted by Gasteiger charge is -2.16. The fourth-order valence-corrected chi connectivity index (χ4v) is 3.35. The Morgan fingerprint density at radius 1 is 1.35 bits per heavy atom. The first kappa shape index (κ1) is 17.7. The second-order valence-electron chi connectivity index (χ2n) is 4.85. The van der Waals surface area contributed by atoms with Crippen LogP contribution in [0.1, 0.15) is 24.2 Å². The number of nitrogens with zero attached hydrogens (tertiary/aromatic N) is 1. The number of ether oxygens (including phenoxy) is 1. The van der Waals surface area contributed by atoms with Gasteiger partial charge in [-0.05, 0) is 26.0 Å². The highest BCUT2D eigenvalue weighted by atomic mass is 79.9. The molecule has 122 valence electrons. The molecular weight excluding hydrogens is 382 g/mol. The number of amides is 1. The van der Waals surface area contributed by atoms with Crippen molar-refractivity contribution in [3.8, 4) is 0 Å². The molecule has 0 bridgehead atoms. The largest absolute Gasteiger partial charge is 0.463 e. The van der Waals surface area contributed by atoms with Crippen molar-refractivity contribution < 1.29 is 19.1 Å². The minimum absolute atomic E-state index is 0.0942. The molecule has 1 saturated heterocycles. The molecule has 1 atom stereocenters. The lowest BCUT2D eigenvalue weighted by molar-refractivity contribution is -0.137. The van der Waals surface area contributed by atoms with Gasteiger partial charge in [0.1, 0.15) is 0 Å². The average Bonchev–Trinajstić information content (AvgIpc) is 2.75. The fraction of sp³-hybridized carbons (Fsp3) is 0.312. The summed E-state index contributed by atoms with van der Waals surface area (Å²) in [6, 6.07) is 6.92. The zero-order valence-corrected chi connectivity index (χ0v) is 15.1. The normalized spacial score (nSPS) is 19.3. The Morgan fingerprint density at radius 2 is 2.00 bits per heavy atom. The SMILES string of the molecule is CCOC(=O)/C=C1\SC(C)C(=O)N1CC(=O)c1ccc(Br)cc1. The highest BCUT2D eigenvalue weighted by Gasteiger charge is 2.35. The van der Waals surface area contributed by atoms with Crippen LogP contribution in [0.3, 0.4) is 0 Å². The van der Waals surface area contributed by atoms with E-state index in [1.807, 2.05) is 0 Å². The molecule has 1 aromatic carbocycles. The Morgan fingerprint density at radius 3 is 2.61 bits per heavy atom. The van der Waals surface area contributed by atoms with Crippen molar-refractivity contribution >= 4 is 45.4 Å². The zero-order chi connectivity index (χ0) is 17.0. The smallest absolute Gasteiger partial charge is 0.333 e. The summed E-state index contributed by atoms with van der Waals surface area (Å²) in [7, 11) is 0. The lowest BCUT2D eigenvalue weighted by Crippen LogP contribution is -2.33. The van der Waals surface area contributed by atoms with Crippen molar-refractivity contribution in [1.82, 2.24) is 4.90 Å². The minimum atomic E-state index is -0.516. The van der Waals surface area contributed by atoms with Crippen LogP contribution in [0.4, 0.5) is 0 Å². The maximum absolute atomic E-state index is 12.4. The molecule has 0 saturated carbocycles. The number of carbonyl (C=O) groups excluding carboxylic acids is 3. The van der Waals surface area contributed by atoms with Gasteiger partial charge in [-0.3, -0.25) is 14.5 Å². The van der Waals surface area contributed by atoms with Gasteiger partial charge in [0.15, 0.2) is 5.78 Å². The molecule has 1 amide bonds. The number of carbonyl (C=O) groups is 3. The molecule has 1 aliphatic rings. The summed E-state index contributed by atoms with van der Waals surface area (Å²) < 4.78 is 5.74. The first-order valence-electron chi connectivity index (χ1n) is 7.07. The van der Waals surface area contributed by atoms with Gasteiger partial charge in [-0.15, -0.1) is 0 Å². The summed E-state index contributed by atoms with van der Waals surface area (Å²) in [4.78, 5) is 37.5. The third-order valence-corrected chi connectivity index (χ3v) is 4.84. The van der Waals surface area contributed by atoms with E-state index in [1.165, 1.54) is 22.7 Å². The van der Waals surface area contributed by atoms with Gasteiger partial charge in [-0.25, -0.2) is 4.79 Å². The second-order valence-corrected chi connectivity index (χ2v) is 7.13. The Balaban J connectivity index is 2.17. The predicted molar refractivity (Wildman–Crippen MR) is 92.0 cm³/mol. The number of esters is 1. The van der Waals surface area contributed by atoms with Crippen LogP contribution < -0.4 is 0 Å². The summed E-state index contributed by atoms with van der Waals surface area (Å²) in [5.74, 6) is -0.885. The summed E-state index contributed by atoms with van der Waals surface area (Å²) in [6.45, 7) is 3.62. The number of benzene rings is 1. The third-order valence-electron chi connectivity index (χ3n) is 3.17. The van der Waals surface area contributed by atoms with Crippen molar-refractivity contribution in [1.29, 1.82) is 0 Å². The van der Waals surface area contributed by atoms with E-state index in [2.05, 4.69) is 15.9 Å².